The lowest BCUT2D eigenvalue weighted by molar-refractivity contribution is -0.162. The van der Waals surface area contributed by atoms with E-state index in [0.717, 1.165) is 51.4 Å². The van der Waals surface area contributed by atoms with Crippen LogP contribution >= 0.6 is 15.9 Å². The largest absolute Gasteiger partial charge is 0.390 e. The molecule has 4 rings (SSSR count). The van der Waals surface area contributed by atoms with Gasteiger partial charge in [0.25, 0.3) is 0 Å². The van der Waals surface area contributed by atoms with E-state index in [1.165, 1.54) is 6.42 Å². The molecule has 1 N–H and O–H groups in total. The minimum absolute atomic E-state index is 0.122. The van der Waals surface area contributed by atoms with E-state index < -0.39 is 5.60 Å². The van der Waals surface area contributed by atoms with Crippen molar-refractivity contribution in [1.29, 1.82) is 0 Å². The van der Waals surface area contributed by atoms with Crippen molar-refractivity contribution in [2.75, 3.05) is 12.0 Å². The van der Waals surface area contributed by atoms with Gasteiger partial charge in [-0.25, -0.2) is 0 Å². The standard InChI is InChI=1S/C22H34BrFO2/c1-20(26)9-10-22(13-24)14(11-20)3-4-15-16-5-6-18(19(25)12-23)21(16,2)8-7-17(15)22/h14-18,26H,3-13H2,1-2H3/t14?,15-,16-,17-,18+,20+,21-,22+/m0/s1. The summed E-state index contributed by atoms with van der Waals surface area (Å²) in [6.07, 6.45) is 8.90. The van der Waals surface area contributed by atoms with E-state index in [1.807, 2.05) is 6.92 Å². The van der Waals surface area contributed by atoms with Crippen LogP contribution < -0.4 is 0 Å². The molecule has 4 aliphatic carbocycles. The third-order valence-electron chi connectivity index (χ3n) is 9.42. The summed E-state index contributed by atoms with van der Waals surface area (Å²) in [7, 11) is 0. The molecule has 8 atom stereocenters. The number of hydrogen-bond donors (Lipinski definition) is 1. The second-order valence-corrected chi connectivity index (χ2v) is 11.1. The van der Waals surface area contributed by atoms with Gasteiger partial charge < -0.3 is 5.11 Å². The molecule has 0 spiro atoms. The molecule has 26 heavy (non-hydrogen) atoms. The Morgan fingerprint density at radius 1 is 1.08 bits per heavy atom. The average molecular weight is 429 g/mol. The molecule has 0 saturated heterocycles. The molecule has 0 bridgehead atoms. The molecule has 0 amide bonds. The number of rotatable bonds is 3. The first kappa shape index (κ1) is 19.4. The minimum atomic E-state index is -0.611. The van der Waals surface area contributed by atoms with Gasteiger partial charge in [0.15, 0.2) is 0 Å². The van der Waals surface area contributed by atoms with Crippen molar-refractivity contribution < 1.29 is 14.3 Å². The van der Waals surface area contributed by atoms with E-state index in [-0.39, 0.29) is 23.4 Å². The van der Waals surface area contributed by atoms with Crippen molar-refractivity contribution in [1.82, 2.24) is 0 Å². The highest BCUT2D eigenvalue weighted by Crippen LogP contribution is 2.68. The van der Waals surface area contributed by atoms with Crippen LogP contribution in [0, 0.1) is 40.4 Å². The predicted octanol–water partition coefficient (Wildman–Crippen LogP) is 5.31. The summed E-state index contributed by atoms with van der Waals surface area (Å²) < 4.78 is 14.6. The molecule has 0 aromatic carbocycles. The number of hydrogen-bond acceptors (Lipinski definition) is 2. The van der Waals surface area contributed by atoms with Crippen LogP contribution in [0.5, 0.6) is 0 Å². The van der Waals surface area contributed by atoms with Crippen molar-refractivity contribution in [3.8, 4) is 0 Å². The molecule has 0 aromatic heterocycles. The van der Waals surface area contributed by atoms with Gasteiger partial charge in [-0.3, -0.25) is 9.18 Å². The smallest absolute Gasteiger partial charge is 0.147 e. The molecule has 0 radical (unpaired) electrons. The highest BCUT2D eigenvalue weighted by atomic mass is 79.9. The van der Waals surface area contributed by atoms with Crippen molar-refractivity contribution in [3.05, 3.63) is 0 Å². The number of alkyl halides is 2. The number of fused-ring (bicyclic) bond motifs is 5. The number of carbonyl (C=O) groups is 1. The molecule has 2 nitrogen and oxygen atoms in total. The second kappa shape index (κ2) is 6.54. The first-order valence-electron chi connectivity index (χ1n) is 10.6. The summed E-state index contributed by atoms with van der Waals surface area (Å²) in [5, 5.41) is 11.0. The van der Waals surface area contributed by atoms with Gasteiger partial charge in [-0.1, -0.05) is 22.9 Å². The van der Waals surface area contributed by atoms with Gasteiger partial charge in [0.05, 0.1) is 17.6 Å². The molecule has 1 unspecified atom stereocenters. The quantitative estimate of drug-likeness (QED) is 0.618. The summed E-state index contributed by atoms with van der Waals surface area (Å²) >= 11 is 3.39. The van der Waals surface area contributed by atoms with Gasteiger partial charge in [0.1, 0.15) is 5.78 Å². The van der Waals surface area contributed by atoms with Crippen LogP contribution in [0.1, 0.15) is 71.6 Å². The maximum atomic E-state index is 14.6. The van der Waals surface area contributed by atoms with Crippen molar-refractivity contribution in [3.63, 3.8) is 0 Å². The molecule has 4 fully saturated rings. The Labute approximate surface area is 165 Å². The van der Waals surface area contributed by atoms with Crippen LogP contribution in [-0.2, 0) is 4.79 Å². The average Bonchev–Trinajstić information content (AvgIpc) is 2.97. The highest BCUT2D eigenvalue weighted by Gasteiger charge is 2.63. The third-order valence-corrected chi connectivity index (χ3v) is 9.97. The van der Waals surface area contributed by atoms with Crippen LogP contribution in [0.3, 0.4) is 0 Å². The number of ketones is 1. The Bertz CT molecular complexity index is 578. The first-order chi connectivity index (χ1) is 12.3. The summed E-state index contributed by atoms with van der Waals surface area (Å²) in [6, 6.07) is 0. The van der Waals surface area contributed by atoms with Gasteiger partial charge in [-0.05, 0) is 93.8 Å². The minimum Gasteiger partial charge on any atom is -0.390 e. The highest BCUT2D eigenvalue weighted by molar-refractivity contribution is 9.09. The monoisotopic (exact) mass is 428 g/mol. The van der Waals surface area contributed by atoms with Crippen LogP contribution in [0.4, 0.5) is 4.39 Å². The SMILES string of the molecule is C[C@@]1(O)CC[C@@]2(CF)C(CC[C@@H]3[C@@H]2CC[C@]2(C)[C@@H](C(=O)CBr)CC[C@@H]32)C1. The predicted molar refractivity (Wildman–Crippen MR) is 105 cm³/mol. The van der Waals surface area contributed by atoms with E-state index in [4.69, 9.17) is 0 Å². The maximum Gasteiger partial charge on any atom is 0.147 e. The van der Waals surface area contributed by atoms with Gasteiger partial charge >= 0.3 is 0 Å². The van der Waals surface area contributed by atoms with Crippen molar-refractivity contribution >= 4 is 21.7 Å². The number of carbonyl (C=O) groups excluding carboxylic acids is 1. The summed E-state index contributed by atoms with van der Waals surface area (Å²) in [4.78, 5) is 12.5. The molecular formula is C22H34BrFO2. The van der Waals surface area contributed by atoms with E-state index in [2.05, 4.69) is 22.9 Å². The molecule has 0 heterocycles. The van der Waals surface area contributed by atoms with Gasteiger partial charge in [0, 0.05) is 11.3 Å². The normalized spacial score (nSPS) is 53.5. The first-order valence-corrected chi connectivity index (χ1v) is 11.8. The van der Waals surface area contributed by atoms with Gasteiger partial charge in [-0.15, -0.1) is 0 Å². The molecule has 0 aliphatic heterocycles. The fourth-order valence-electron chi connectivity index (χ4n) is 8.11. The van der Waals surface area contributed by atoms with Crippen molar-refractivity contribution in [2.24, 2.45) is 40.4 Å². The Balaban J connectivity index is 1.62. The van der Waals surface area contributed by atoms with Crippen molar-refractivity contribution in [2.45, 2.75) is 77.2 Å². The van der Waals surface area contributed by atoms with Gasteiger partial charge in [-0.2, -0.15) is 0 Å². The fraction of sp³-hybridized carbons (Fsp3) is 0.955. The summed E-state index contributed by atoms with van der Waals surface area (Å²) in [5.41, 5.74) is -0.694. The molecule has 4 heteroatoms. The Hall–Kier alpha value is 0.0400. The zero-order valence-corrected chi connectivity index (χ0v) is 17.9. The fourth-order valence-corrected chi connectivity index (χ4v) is 8.51. The van der Waals surface area contributed by atoms with Crippen LogP contribution in [0.25, 0.3) is 0 Å². The summed E-state index contributed by atoms with van der Waals surface area (Å²) in [6.45, 7) is 4.07. The zero-order valence-electron chi connectivity index (χ0n) is 16.3. The lowest BCUT2D eigenvalue weighted by Crippen LogP contribution is -2.57. The lowest BCUT2D eigenvalue weighted by Gasteiger charge is -2.62. The zero-order chi connectivity index (χ0) is 18.7. The number of Topliss-reactive ketones (excluding diaryl/α,β-unsaturated/α-hetero) is 1. The topological polar surface area (TPSA) is 37.3 Å². The summed E-state index contributed by atoms with van der Waals surface area (Å²) in [5.74, 6) is 2.52. The maximum absolute atomic E-state index is 14.6. The molecular weight excluding hydrogens is 395 g/mol. The van der Waals surface area contributed by atoms with E-state index in [9.17, 15) is 14.3 Å². The number of halogens is 2. The van der Waals surface area contributed by atoms with Crippen LogP contribution in [-0.4, -0.2) is 28.5 Å². The van der Waals surface area contributed by atoms with E-state index >= 15 is 0 Å². The molecule has 0 aromatic rings. The van der Waals surface area contributed by atoms with Crippen LogP contribution in [0.2, 0.25) is 0 Å². The molecule has 148 valence electrons. The van der Waals surface area contributed by atoms with Crippen LogP contribution in [0.15, 0.2) is 0 Å². The molecule has 4 aliphatic rings. The van der Waals surface area contributed by atoms with E-state index in [0.29, 0.717) is 34.8 Å². The Morgan fingerprint density at radius 3 is 2.54 bits per heavy atom. The second-order valence-electron chi connectivity index (χ2n) is 10.5. The lowest BCUT2D eigenvalue weighted by atomic mass is 9.43. The Morgan fingerprint density at radius 2 is 1.85 bits per heavy atom. The third kappa shape index (κ3) is 2.68. The number of aliphatic hydroxyl groups is 1. The van der Waals surface area contributed by atoms with E-state index in [1.54, 1.807) is 0 Å². The molecule has 4 saturated carbocycles. The van der Waals surface area contributed by atoms with Gasteiger partial charge in [0.2, 0.25) is 0 Å². The Kier molecular flexibility index (Phi) is 4.87.